The van der Waals surface area contributed by atoms with Crippen LogP contribution in [0.5, 0.6) is 0 Å². The molecule has 1 heterocycles. The van der Waals surface area contributed by atoms with Gasteiger partial charge in [0.15, 0.2) is 0 Å². The molecule has 2 rings (SSSR count). The second-order valence-corrected chi connectivity index (χ2v) is 8.41. The average molecular weight is 355 g/mol. The van der Waals surface area contributed by atoms with Gasteiger partial charge in [0.25, 0.3) is 0 Å². The summed E-state index contributed by atoms with van der Waals surface area (Å²) in [5, 5.41) is 5.05. The summed E-state index contributed by atoms with van der Waals surface area (Å²) in [5.41, 5.74) is -0.0200. The molecule has 1 aliphatic rings. The molecule has 132 valence electrons. The summed E-state index contributed by atoms with van der Waals surface area (Å²) in [5.74, 6) is -0.514. The van der Waals surface area contributed by atoms with Crippen molar-refractivity contribution in [2.24, 2.45) is 0 Å². The Morgan fingerprint density at radius 3 is 2.54 bits per heavy atom. The van der Waals surface area contributed by atoms with Crippen molar-refractivity contribution in [1.82, 2.24) is 5.32 Å². The number of para-hydroxylation sites is 2. The fourth-order valence-corrected chi connectivity index (χ4v) is 3.18. The maximum atomic E-state index is 12.3. The third kappa shape index (κ3) is 4.38. The van der Waals surface area contributed by atoms with E-state index in [2.05, 4.69) is 10.6 Å². The van der Waals surface area contributed by atoms with Crippen LogP contribution >= 0.6 is 0 Å². The van der Waals surface area contributed by atoms with Gasteiger partial charge in [0, 0.05) is 0 Å². The van der Waals surface area contributed by atoms with Crippen molar-refractivity contribution in [3.05, 3.63) is 24.3 Å². The molecule has 0 saturated carbocycles. The van der Waals surface area contributed by atoms with E-state index in [1.54, 1.807) is 45.0 Å². The lowest BCUT2D eigenvalue weighted by atomic mass is 10.2. The summed E-state index contributed by atoms with van der Waals surface area (Å²) >= 11 is 0. The van der Waals surface area contributed by atoms with Gasteiger partial charge in [-0.05, 0) is 32.9 Å². The number of hydrogen-bond donors (Lipinski definition) is 2. The number of carbonyl (C=O) groups excluding carboxylic acids is 2. The number of carbonyl (C=O) groups is 2. The summed E-state index contributed by atoms with van der Waals surface area (Å²) in [6.07, 6.45) is 0.256. The van der Waals surface area contributed by atoms with Crippen LogP contribution in [0.2, 0.25) is 0 Å². The lowest BCUT2D eigenvalue weighted by Gasteiger charge is -2.26. The summed E-state index contributed by atoms with van der Waals surface area (Å²) in [6.45, 7) is 4.86. The van der Waals surface area contributed by atoms with Gasteiger partial charge in [-0.25, -0.2) is 13.2 Å². The largest absolute Gasteiger partial charge is 0.444 e. The number of sulfonamides is 1. The van der Waals surface area contributed by atoms with E-state index in [-0.39, 0.29) is 6.54 Å². The maximum absolute atomic E-state index is 12.3. The molecule has 0 spiro atoms. The van der Waals surface area contributed by atoms with Gasteiger partial charge in [-0.15, -0.1) is 0 Å². The van der Waals surface area contributed by atoms with E-state index in [1.165, 1.54) is 0 Å². The Labute approximate surface area is 141 Å². The van der Waals surface area contributed by atoms with Crippen LogP contribution in [0.4, 0.5) is 16.2 Å². The molecule has 1 unspecified atom stereocenters. The minimum absolute atomic E-state index is 0.221. The zero-order valence-electron chi connectivity index (χ0n) is 14.0. The Bertz CT molecular complexity index is 755. The third-order valence-electron chi connectivity index (χ3n) is 3.19. The molecule has 8 nitrogen and oxygen atoms in total. The molecule has 2 N–H and O–H groups in total. The summed E-state index contributed by atoms with van der Waals surface area (Å²) in [7, 11) is -3.64. The number of nitrogens with one attached hydrogen (secondary N) is 2. The van der Waals surface area contributed by atoms with Crippen LogP contribution in [0, 0.1) is 0 Å². The highest BCUT2D eigenvalue weighted by Gasteiger charge is 2.34. The fraction of sp³-hybridized carbons (Fsp3) is 0.467. The predicted octanol–water partition coefficient (Wildman–Crippen LogP) is 1.30. The molecule has 0 aromatic heterocycles. The van der Waals surface area contributed by atoms with Crippen molar-refractivity contribution in [3.63, 3.8) is 0 Å². The van der Waals surface area contributed by atoms with E-state index in [0.29, 0.717) is 11.4 Å². The number of anilines is 2. The second kappa shape index (κ2) is 6.31. The zero-order valence-corrected chi connectivity index (χ0v) is 14.8. The highest BCUT2D eigenvalue weighted by Crippen LogP contribution is 2.30. The normalized spacial score (nSPS) is 18.2. The second-order valence-electron chi connectivity index (χ2n) is 6.50. The van der Waals surface area contributed by atoms with E-state index in [0.717, 1.165) is 10.6 Å². The number of nitrogens with zero attached hydrogens (tertiary/aromatic N) is 1. The first-order valence-electron chi connectivity index (χ1n) is 7.34. The van der Waals surface area contributed by atoms with Crippen molar-refractivity contribution in [1.29, 1.82) is 0 Å². The molecule has 1 aromatic rings. The summed E-state index contributed by atoms with van der Waals surface area (Å²) in [6, 6.07) is 5.46. The number of hydrogen-bond acceptors (Lipinski definition) is 5. The minimum atomic E-state index is -3.64. The number of alkyl carbamates (subject to hydrolysis) is 1. The van der Waals surface area contributed by atoms with E-state index >= 15 is 0 Å². The molecule has 0 radical (unpaired) electrons. The van der Waals surface area contributed by atoms with Gasteiger partial charge in [0.2, 0.25) is 15.9 Å². The highest BCUT2D eigenvalue weighted by molar-refractivity contribution is 7.92. The van der Waals surface area contributed by atoms with Gasteiger partial charge in [-0.3, -0.25) is 9.10 Å². The Balaban J connectivity index is 2.30. The number of fused-ring (bicyclic) bond motifs is 1. The van der Waals surface area contributed by atoms with Crippen LogP contribution in [-0.2, 0) is 19.6 Å². The van der Waals surface area contributed by atoms with Crippen LogP contribution < -0.4 is 14.9 Å². The van der Waals surface area contributed by atoms with Gasteiger partial charge < -0.3 is 15.4 Å². The molecule has 9 heteroatoms. The van der Waals surface area contributed by atoms with E-state index in [1.807, 2.05) is 0 Å². The molecule has 0 bridgehead atoms. The molecule has 0 saturated heterocycles. The molecule has 0 fully saturated rings. The van der Waals surface area contributed by atoms with Crippen LogP contribution in [0.3, 0.4) is 0 Å². The van der Waals surface area contributed by atoms with Crippen molar-refractivity contribution < 1.29 is 22.7 Å². The van der Waals surface area contributed by atoms with Crippen LogP contribution in [0.15, 0.2) is 24.3 Å². The molecular formula is C15H21N3O5S. The Morgan fingerprint density at radius 2 is 1.96 bits per heavy atom. The number of benzene rings is 1. The van der Waals surface area contributed by atoms with E-state index in [9.17, 15) is 18.0 Å². The average Bonchev–Trinajstić information content (AvgIpc) is 2.53. The number of ether oxygens (including phenoxy) is 1. The van der Waals surface area contributed by atoms with Crippen molar-refractivity contribution in [3.8, 4) is 0 Å². The predicted molar refractivity (Wildman–Crippen MR) is 90.4 cm³/mol. The molecule has 0 aliphatic carbocycles. The Kier molecular flexibility index (Phi) is 4.75. The molecule has 2 amide bonds. The lowest BCUT2D eigenvalue weighted by Crippen LogP contribution is -2.51. The Morgan fingerprint density at radius 1 is 1.33 bits per heavy atom. The number of rotatable bonds is 2. The molecule has 24 heavy (non-hydrogen) atoms. The standard InChI is InChI=1S/C15H21N3O5S/c1-15(2,3)23-14(20)17-11-9-18(24(4,21)22)12-8-6-5-7-10(12)16-13(11)19/h5-8,11H,9H2,1-4H3,(H,16,19)(H,17,20). The third-order valence-corrected chi connectivity index (χ3v) is 4.33. The first kappa shape index (κ1) is 18.1. The highest BCUT2D eigenvalue weighted by atomic mass is 32.2. The summed E-state index contributed by atoms with van der Waals surface area (Å²) in [4.78, 5) is 24.3. The minimum Gasteiger partial charge on any atom is -0.444 e. The zero-order chi connectivity index (χ0) is 18.1. The van der Waals surface area contributed by atoms with Crippen LogP contribution in [-0.4, -0.2) is 44.9 Å². The number of amides is 2. The van der Waals surface area contributed by atoms with E-state index in [4.69, 9.17) is 4.74 Å². The molecular weight excluding hydrogens is 334 g/mol. The van der Waals surface area contributed by atoms with Crippen LogP contribution in [0.25, 0.3) is 0 Å². The fourth-order valence-electron chi connectivity index (χ4n) is 2.24. The SMILES string of the molecule is CC(C)(C)OC(=O)NC1CN(S(C)(=O)=O)c2ccccc2NC1=O. The van der Waals surface area contributed by atoms with Gasteiger partial charge in [0.05, 0.1) is 24.2 Å². The topological polar surface area (TPSA) is 105 Å². The van der Waals surface area contributed by atoms with Crippen molar-refractivity contribution in [2.75, 3.05) is 22.4 Å². The molecule has 1 aromatic carbocycles. The van der Waals surface area contributed by atoms with Gasteiger partial charge in [-0.2, -0.15) is 0 Å². The smallest absolute Gasteiger partial charge is 0.408 e. The van der Waals surface area contributed by atoms with Crippen molar-refractivity contribution >= 4 is 33.4 Å². The van der Waals surface area contributed by atoms with Crippen LogP contribution in [0.1, 0.15) is 20.8 Å². The lowest BCUT2D eigenvalue weighted by molar-refractivity contribution is -0.117. The van der Waals surface area contributed by atoms with Gasteiger partial charge in [0.1, 0.15) is 11.6 Å². The quantitative estimate of drug-likeness (QED) is 0.832. The monoisotopic (exact) mass is 355 g/mol. The molecule has 1 aliphatic heterocycles. The Hall–Kier alpha value is -2.29. The first-order valence-corrected chi connectivity index (χ1v) is 9.19. The van der Waals surface area contributed by atoms with Crippen molar-refractivity contribution in [2.45, 2.75) is 32.4 Å². The first-order chi connectivity index (χ1) is 11.0. The van der Waals surface area contributed by atoms with Gasteiger partial charge in [-0.1, -0.05) is 12.1 Å². The van der Waals surface area contributed by atoms with E-state index < -0.39 is 33.7 Å². The van der Waals surface area contributed by atoms with Gasteiger partial charge >= 0.3 is 6.09 Å². The maximum Gasteiger partial charge on any atom is 0.408 e. The summed E-state index contributed by atoms with van der Waals surface area (Å²) < 4.78 is 30.4. The molecule has 1 atom stereocenters.